The molecule has 1 unspecified atom stereocenters. The number of nitrogens with one attached hydrogen (secondary N) is 1. The number of nitrogens with two attached hydrogens (primary N) is 1. The Bertz CT molecular complexity index is 723. The summed E-state index contributed by atoms with van der Waals surface area (Å²) in [7, 11) is 0. The first-order valence-electron chi connectivity index (χ1n) is 8.51. The van der Waals surface area contributed by atoms with Crippen LogP contribution in [0.3, 0.4) is 0 Å². The van der Waals surface area contributed by atoms with Gasteiger partial charge in [0.15, 0.2) is 0 Å². The lowest BCUT2D eigenvalue weighted by Crippen LogP contribution is -2.42. The van der Waals surface area contributed by atoms with Crippen LogP contribution in [0.1, 0.15) is 42.3 Å². The molecule has 1 aliphatic rings. The maximum atomic E-state index is 13.6. The lowest BCUT2D eigenvalue weighted by Gasteiger charge is -2.30. The molecule has 0 spiro atoms. The Morgan fingerprint density at radius 1 is 1.36 bits per heavy atom. The Morgan fingerprint density at radius 3 is 3.00 bits per heavy atom. The molecule has 2 aromatic rings. The van der Waals surface area contributed by atoms with Gasteiger partial charge in [0.1, 0.15) is 10.8 Å². The summed E-state index contributed by atoms with van der Waals surface area (Å²) in [6.07, 6.45) is 4.53. The fourth-order valence-corrected chi connectivity index (χ4v) is 3.77. The van der Waals surface area contributed by atoms with Gasteiger partial charge in [0.05, 0.1) is 6.04 Å². The number of aromatic nitrogens is 2. The van der Waals surface area contributed by atoms with Gasteiger partial charge in [-0.15, -0.1) is 10.2 Å². The number of hydrogen-bond acceptors (Lipinski definition) is 5. The standard InChI is InChI=1S/C17H22FN5OS/c18-13-6-4-5-12(11-13)14-7-2-1-3-10-23(14)17(24)20-9-8-15-21-22-16(19)25-15/h4-6,11,14H,1-3,7-10H2,(H2,19,22)(H,20,24). The van der Waals surface area contributed by atoms with Crippen molar-refractivity contribution in [2.24, 2.45) is 0 Å². The van der Waals surface area contributed by atoms with Gasteiger partial charge in [0, 0.05) is 19.5 Å². The molecular weight excluding hydrogens is 341 g/mol. The highest BCUT2D eigenvalue weighted by Crippen LogP contribution is 2.30. The predicted molar refractivity (Wildman–Crippen MR) is 95.7 cm³/mol. The molecule has 25 heavy (non-hydrogen) atoms. The van der Waals surface area contributed by atoms with Gasteiger partial charge in [-0.3, -0.25) is 0 Å². The molecule has 6 nitrogen and oxygen atoms in total. The van der Waals surface area contributed by atoms with Crippen LogP contribution in [0.2, 0.25) is 0 Å². The SMILES string of the molecule is Nc1nnc(CCNC(=O)N2CCCCCC2c2cccc(F)c2)s1. The second-order valence-corrected chi connectivity index (χ2v) is 7.22. The number of amides is 2. The summed E-state index contributed by atoms with van der Waals surface area (Å²) in [6.45, 7) is 1.15. The highest BCUT2D eigenvalue weighted by atomic mass is 32.1. The monoisotopic (exact) mass is 363 g/mol. The maximum Gasteiger partial charge on any atom is 0.317 e. The summed E-state index contributed by atoms with van der Waals surface area (Å²) in [6, 6.07) is 6.34. The highest BCUT2D eigenvalue weighted by molar-refractivity contribution is 7.15. The minimum Gasteiger partial charge on any atom is -0.374 e. The largest absolute Gasteiger partial charge is 0.374 e. The van der Waals surface area contributed by atoms with E-state index in [1.54, 1.807) is 6.07 Å². The number of anilines is 1. The van der Waals surface area contributed by atoms with Crippen molar-refractivity contribution >= 4 is 22.5 Å². The van der Waals surface area contributed by atoms with Crippen LogP contribution in [-0.2, 0) is 6.42 Å². The average molecular weight is 363 g/mol. The van der Waals surface area contributed by atoms with Crippen molar-refractivity contribution < 1.29 is 9.18 Å². The number of carbonyl (C=O) groups is 1. The first-order chi connectivity index (χ1) is 12.1. The van der Waals surface area contributed by atoms with Gasteiger partial charge < -0.3 is 16.0 Å². The van der Waals surface area contributed by atoms with Crippen LogP contribution < -0.4 is 11.1 Å². The summed E-state index contributed by atoms with van der Waals surface area (Å²) in [5.41, 5.74) is 6.41. The molecule has 1 saturated heterocycles. The second-order valence-electron chi connectivity index (χ2n) is 6.13. The first kappa shape index (κ1) is 17.6. The van der Waals surface area contributed by atoms with Crippen LogP contribution in [0.5, 0.6) is 0 Å². The van der Waals surface area contributed by atoms with E-state index in [0.29, 0.717) is 24.6 Å². The topological polar surface area (TPSA) is 84.1 Å². The molecule has 2 amide bonds. The second kappa shape index (κ2) is 8.24. The molecule has 0 radical (unpaired) electrons. The number of benzene rings is 1. The zero-order valence-corrected chi connectivity index (χ0v) is 14.8. The van der Waals surface area contributed by atoms with Crippen LogP contribution in [0.4, 0.5) is 14.3 Å². The van der Waals surface area contributed by atoms with Gasteiger partial charge in [-0.2, -0.15) is 0 Å². The number of likely N-dealkylation sites (tertiary alicyclic amines) is 1. The highest BCUT2D eigenvalue weighted by Gasteiger charge is 2.26. The van der Waals surface area contributed by atoms with Crippen LogP contribution in [0.15, 0.2) is 24.3 Å². The summed E-state index contributed by atoms with van der Waals surface area (Å²) < 4.78 is 13.6. The molecule has 2 heterocycles. The van der Waals surface area contributed by atoms with Crippen molar-refractivity contribution in [3.63, 3.8) is 0 Å². The molecule has 1 fully saturated rings. The van der Waals surface area contributed by atoms with Crippen molar-refractivity contribution in [1.82, 2.24) is 20.4 Å². The van der Waals surface area contributed by atoms with Crippen molar-refractivity contribution in [2.45, 2.75) is 38.1 Å². The summed E-state index contributed by atoms with van der Waals surface area (Å²) in [4.78, 5) is 14.5. The molecule has 3 N–H and O–H groups in total. The number of hydrogen-bond donors (Lipinski definition) is 2. The maximum absolute atomic E-state index is 13.6. The minimum absolute atomic E-state index is 0.0876. The van der Waals surface area contributed by atoms with Gasteiger partial charge in [-0.1, -0.05) is 36.3 Å². The Kier molecular flexibility index (Phi) is 5.80. The van der Waals surface area contributed by atoms with Crippen LogP contribution in [0.25, 0.3) is 0 Å². The van der Waals surface area contributed by atoms with Gasteiger partial charge in [-0.25, -0.2) is 9.18 Å². The zero-order chi connectivity index (χ0) is 17.6. The van der Waals surface area contributed by atoms with Gasteiger partial charge in [0.25, 0.3) is 0 Å². The number of nitrogens with zero attached hydrogens (tertiary/aromatic N) is 3. The zero-order valence-electron chi connectivity index (χ0n) is 13.9. The molecule has 0 saturated carbocycles. The Morgan fingerprint density at radius 2 is 2.24 bits per heavy atom. The van der Waals surface area contributed by atoms with Crippen LogP contribution >= 0.6 is 11.3 Å². The lowest BCUT2D eigenvalue weighted by molar-refractivity contribution is 0.176. The summed E-state index contributed by atoms with van der Waals surface area (Å²) in [5.74, 6) is -0.268. The molecule has 1 aliphatic heterocycles. The van der Waals surface area contributed by atoms with E-state index in [-0.39, 0.29) is 17.9 Å². The normalized spacial score (nSPS) is 18.0. The first-order valence-corrected chi connectivity index (χ1v) is 9.33. The third-order valence-corrected chi connectivity index (χ3v) is 5.16. The number of rotatable bonds is 4. The minimum atomic E-state index is -0.268. The number of halogens is 1. The quantitative estimate of drug-likeness (QED) is 0.874. The smallest absolute Gasteiger partial charge is 0.317 e. The lowest BCUT2D eigenvalue weighted by atomic mass is 10.0. The Hall–Kier alpha value is -2.22. The van der Waals surface area contributed by atoms with Gasteiger partial charge in [0.2, 0.25) is 5.13 Å². The van der Waals surface area contributed by atoms with Crippen molar-refractivity contribution in [3.05, 3.63) is 40.7 Å². The summed E-state index contributed by atoms with van der Waals surface area (Å²) >= 11 is 1.33. The van der Waals surface area contributed by atoms with Crippen molar-refractivity contribution in [2.75, 3.05) is 18.8 Å². The van der Waals surface area contributed by atoms with E-state index in [4.69, 9.17) is 5.73 Å². The summed E-state index contributed by atoms with van der Waals surface area (Å²) in [5, 5.41) is 11.9. The third-order valence-electron chi connectivity index (χ3n) is 4.34. The van der Waals surface area contributed by atoms with Crippen molar-refractivity contribution in [1.29, 1.82) is 0 Å². The molecule has 1 aromatic carbocycles. The van der Waals surface area contributed by atoms with E-state index in [1.807, 2.05) is 11.0 Å². The van der Waals surface area contributed by atoms with Gasteiger partial charge >= 0.3 is 6.03 Å². The van der Waals surface area contributed by atoms with E-state index in [9.17, 15) is 9.18 Å². The fourth-order valence-electron chi connectivity index (χ4n) is 3.16. The number of nitrogen functional groups attached to an aromatic ring is 1. The molecule has 3 rings (SSSR count). The molecule has 1 aromatic heterocycles. The number of urea groups is 1. The average Bonchev–Trinajstić information content (AvgIpc) is 2.86. The molecule has 0 bridgehead atoms. The van der Waals surface area contributed by atoms with Crippen LogP contribution in [-0.4, -0.2) is 34.2 Å². The molecule has 0 aliphatic carbocycles. The number of carbonyl (C=O) groups excluding carboxylic acids is 1. The third kappa shape index (κ3) is 4.66. The van der Waals surface area contributed by atoms with E-state index >= 15 is 0 Å². The molecule has 8 heteroatoms. The molecular formula is C17H22FN5OS. The van der Waals surface area contributed by atoms with E-state index in [2.05, 4.69) is 15.5 Å². The predicted octanol–water partition coefficient (Wildman–Crippen LogP) is 3.13. The Balaban J connectivity index is 1.64. The van der Waals surface area contributed by atoms with Crippen LogP contribution in [0, 0.1) is 5.82 Å². The Labute approximate surface area is 150 Å². The van der Waals surface area contributed by atoms with E-state index in [1.165, 1.54) is 23.5 Å². The van der Waals surface area contributed by atoms with E-state index in [0.717, 1.165) is 36.3 Å². The fraction of sp³-hybridized carbons (Fsp3) is 0.471. The van der Waals surface area contributed by atoms with Gasteiger partial charge in [-0.05, 0) is 30.5 Å². The van der Waals surface area contributed by atoms with E-state index < -0.39 is 0 Å². The molecule has 1 atom stereocenters. The molecule has 134 valence electrons. The van der Waals surface area contributed by atoms with Crippen molar-refractivity contribution in [3.8, 4) is 0 Å².